The Hall–Kier alpha value is -3.39. The predicted octanol–water partition coefficient (Wildman–Crippen LogP) is 2.45. The van der Waals surface area contributed by atoms with Crippen molar-refractivity contribution in [2.75, 3.05) is 11.9 Å². The van der Waals surface area contributed by atoms with Gasteiger partial charge in [-0.15, -0.1) is 0 Å². The highest BCUT2D eigenvalue weighted by atomic mass is 16.7. The Balaban J connectivity index is 1.35. The van der Waals surface area contributed by atoms with E-state index < -0.39 is 30.4 Å². The summed E-state index contributed by atoms with van der Waals surface area (Å²) in [5, 5.41) is 6.08. The van der Waals surface area contributed by atoms with E-state index in [-0.39, 0.29) is 24.8 Å². The van der Waals surface area contributed by atoms with Gasteiger partial charge in [0.1, 0.15) is 18.1 Å². The first-order chi connectivity index (χ1) is 16.0. The lowest BCUT2D eigenvalue weighted by molar-refractivity contribution is -0.168. The molecule has 4 atom stereocenters. The van der Waals surface area contributed by atoms with E-state index in [1.165, 1.54) is 0 Å². The first-order valence-electron chi connectivity index (χ1n) is 11.3. The molecule has 0 saturated carbocycles. The zero-order valence-corrected chi connectivity index (χ0v) is 18.6. The quantitative estimate of drug-likeness (QED) is 0.599. The van der Waals surface area contributed by atoms with Gasteiger partial charge in [-0.3, -0.25) is 14.4 Å². The number of hydrogen-bond acceptors (Lipinski definition) is 6. The Kier molecular flexibility index (Phi) is 7.24. The number of ether oxygens (including phenoxy) is 2. The number of benzene rings is 2. The van der Waals surface area contributed by atoms with Crippen LogP contribution in [0.15, 0.2) is 60.7 Å². The van der Waals surface area contributed by atoms with Crippen molar-refractivity contribution in [1.29, 1.82) is 0 Å². The number of cyclic esters (lactones) is 1. The summed E-state index contributed by atoms with van der Waals surface area (Å²) < 4.78 is 11.0. The summed E-state index contributed by atoms with van der Waals surface area (Å²) in [6.45, 7) is 2.58. The Bertz CT molecular complexity index is 969. The summed E-state index contributed by atoms with van der Waals surface area (Å²) >= 11 is 0. The summed E-state index contributed by atoms with van der Waals surface area (Å²) in [5.41, 5.74) is 1.79. The van der Waals surface area contributed by atoms with Gasteiger partial charge in [0.25, 0.3) is 0 Å². The fourth-order valence-corrected chi connectivity index (χ4v) is 4.23. The monoisotopic (exact) mass is 451 g/mol. The van der Waals surface area contributed by atoms with E-state index in [9.17, 15) is 14.4 Å². The van der Waals surface area contributed by atoms with Crippen molar-refractivity contribution in [2.45, 2.75) is 57.2 Å². The second-order valence-corrected chi connectivity index (χ2v) is 8.40. The zero-order chi connectivity index (χ0) is 23.2. The summed E-state index contributed by atoms with van der Waals surface area (Å²) in [6, 6.07) is 17.4. The number of rotatable bonds is 8. The lowest BCUT2D eigenvalue weighted by Crippen LogP contribution is -2.53. The molecule has 0 aliphatic carbocycles. The third kappa shape index (κ3) is 5.70. The lowest BCUT2D eigenvalue weighted by Gasteiger charge is -2.29. The molecule has 2 N–H and O–H groups in total. The number of likely N-dealkylation sites (tertiary alicyclic amines) is 1. The average Bonchev–Trinajstić information content (AvgIpc) is 3.45. The summed E-state index contributed by atoms with van der Waals surface area (Å²) in [5.74, 6) is -0.838. The number of hydrogen-bond donors (Lipinski definition) is 2. The first kappa shape index (κ1) is 22.8. The number of nitrogens with one attached hydrogen (secondary N) is 2. The molecule has 2 amide bonds. The third-order valence-corrected chi connectivity index (χ3v) is 5.91. The van der Waals surface area contributed by atoms with Gasteiger partial charge in [0.15, 0.2) is 0 Å². The number of amides is 2. The molecule has 33 heavy (non-hydrogen) atoms. The van der Waals surface area contributed by atoms with Crippen molar-refractivity contribution in [3.05, 3.63) is 66.2 Å². The predicted molar refractivity (Wildman–Crippen MR) is 122 cm³/mol. The van der Waals surface area contributed by atoms with Crippen molar-refractivity contribution in [1.82, 2.24) is 10.2 Å². The summed E-state index contributed by atoms with van der Waals surface area (Å²) in [7, 11) is 0. The molecule has 0 spiro atoms. The second-order valence-electron chi connectivity index (χ2n) is 8.40. The van der Waals surface area contributed by atoms with Gasteiger partial charge < -0.3 is 25.0 Å². The number of nitrogens with zero attached hydrogens (tertiary/aromatic N) is 1. The van der Waals surface area contributed by atoms with E-state index in [0.717, 1.165) is 17.7 Å². The highest BCUT2D eigenvalue weighted by Gasteiger charge is 2.41. The van der Waals surface area contributed by atoms with Crippen LogP contribution >= 0.6 is 0 Å². The van der Waals surface area contributed by atoms with Gasteiger partial charge in [-0.05, 0) is 37.5 Å². The van der Waals surface area contributed by atoms with E-state index in [4.69, 9.17) is 9.47 Å². The molecule has 2 saturated heterocycles. The Labute approximate surface area is 193 Å². The second kappa shape index (κ2) is 10.5. The number of anilines is 1. The van der Waals surface area contributed by atoms with Gasteiger partial charge in [0.2, 0.25) is 18.1 Å². The molecule has 174 valence electrons. The Morgan fingerprint density at radius 1 is 1.12 bits per heavy atom. The minimum atomic E-state index is -0.856. The van der Waals surface area contributed by atoms with Gasteiger partial charge in [-0.2, -0.15) is 0 Å². The number of carbonyl (C=O) groups is 3. The minimum absolute atomic E-state index is 0.0395. The SMILES string of the molecule is CC(Nc1ccccc1)C(=O)N1CCCC1C(=O)NC1CC(=O)OC1OCc1ccccc1. The van der Waals surface area contributed by atoms with Crippen molar-refractivity contribution >= 4 is 23.5 Å². The number of para-hydroxylation sites is 1. The van der Waals surface area contributed by atoms with Gasteiger partial charge in [-0.25, -0.2) is 0 Å². The third-order valence-electron chi connectivity index (χ3n) is 5.91. The molecule has 8 nitrogen and oxygen atoms in total. The molecule has 0 bridgehead atoms. The summed E-state index contributed by atoms with van der Waals surface area (Å²) in [6.07, 6.45) is 0.506. The molecule has 4 unspecified atom stereocenters. The van der Waals surface area contributed by atoms with Crippen LogP contribution in [0.4, 0.5) is 5.69 Å². The summed E-state index contributed by atoms with van der Waals surface area (Å²) in [4.78, 5) is 39.6. The van der Waals surface area contributed by atoms with Crippen molar-refractivity contribution in [3.63, 3.8) is 0 Å². The largest absolute Gasteiger partial charge is 0.433 e. The van der Waals surface area contributed by atoms with Gasteiger partial charge in [-0.1, -0.05) is 48.5 Å². The van der Waals surface area contributed by atoms with Crippen LogP contribution in [0.25, 0.3) is 0 Å². The van der Waals surface area contributed by atoms with E-state index in [1.54, 1.807) is 11.8 Å². The van der Waals surface area contributed by atoms with E-state index >= 15 is 0 Å². The van der Waals surface area contributed by atoms with E-state index in [1.807, 2.05) is 60.7 Å². The number of carbonyl (C=O) groups excluding carboxylic acids is 3. The molecule has 8 heteroatoms. The Morgan fingerprint density at radius 2 is 1.82 bits per heavy atom. The fourth-order valence-electron chi connectivity index (χ4n) is 4.23. The van der Waals surface area contributed by atoms with Crippen LogP contribution in [-0.4, -0.2) is 53.6 Å². The van der Waals surface area contributed by atoms with Gasteiger partial charge >= 0.3 is 5.97 Å². The van der Waals surface area contributed by atoms with Crippen LogP contribution in [0.5, 0.6) is 0 Å². The molecule has 2 aromatic rings. The molecule has 0 radical (unpaired) electrons. The topological polar surface area (TPSA) is 97.0 Å². The maximum absolute atomic E-state index is 13.1. The van der Waals surface area contributed by atoms with Gasteiger partial charge in [0, 0.05) is 12.2 Å². The zero-order valence-electron chi connectivity index (χ0n) is 18.6. The lowest BCUT2D eigenvalue weighted by atomic mass is 10.1. The van der Waals surface area contributed by atoms with E-state index in [2.05, 4.69) is 10.6 Å². The molecule has 0 aromatic heterocycles. The highest BCUT2D eigenvalue weighted by Crippen LogP contribution is 2.23. The van der Waals surface area contributed by atoms with Crippen LogP contribution < -0.4 is 10.6 Å². The smallest absolute Gasteiger partial charge is 0.310 e. The Morgan fingerprint density at radius 3 is 2.55 bits per heavy atom. The van der Waals surface area contributed by atoms with Crippen molar-refractivity contribution in [3.8, 4) is 0 Å². The molecule has 2 aliphatic rings. The van der Waals surface area contributed by atoms with Crippen LogP contribution in [0.3, 0.4) is 0 Å². The van der Waals surface area contributed by atoms with Crippen LogP contribution in [0.1, 0.15) is 31.7 Å². The molecule has 4 rings (SSSR count). The number of esters is 1. The first-order valence-corrected chi connectivity index (χ1v) is 11.3. The average molecular weight is 452 g/mol. The minimum Gasteiger partial charge on any atom is -0.433 e. The van der Waals surface area contributed by atoms with Crippen LogP contribution in [0, 0.1) is 0 Å². The van der Waals surface area contributed by atoms with E-state index in [0.29, 0.717) is 13.0 Å². The molecule has 2 aromatic carbocycles. The fraction of sp³-hybridized carbons (Fsp3) is 0.400. The normalized spacial score (nSPS) is 23.1. The standard InChI is InChI=1S/C25H29N3O5/c1-17(26-19-11-6-3-7-12-19)24(31)28-14-8-13-21(28)23(30)27-20-15-22(29)33-25(20)32-16-18-9-4-2-5-10-18/h2-7,9-12,17,20-21,25-26H,8,13-16H2,1H3,(H,27,30). The van der Waals surface area contributed by atoms with Crippen molar-refractivity contribution in [2.24, 2.45) is 0 Å². The van der Waals surface area contributed by atoms with Crippen LogP contribution in [-0.2, 0) is 30.5 Å². The molecular formula is C25H29N3O5. The van der Waals surface area contributed by atoms with Gasteiger partial charge in [0.05, 0.1) is 13.0 Å². The molecule has 2 fully saturated rings. The molecule has 2 aliphatic heterocycles. The van der Waals surface area contributed by atoms with Crippen molar-refractivity contribution < 1.29 is 23.9 Å². The van der Waals surface area contributed by atoms with Crippen LogP contribution in [0.2, 0.25) is 0 Å². The maximum atomic E-state index is 13.1. The molecule has 2 heterocycles. The highest BCUT2D eigenvalue weighted by molar-refractivity contribution is 5.92. The maximum Gasteiger partial charge on any atom is 0.310 e. The molecular weight excluding hydrogens is 422 g/mol.